The zero-order valence-corrected chi connectivity index (χ0v) is 19.0. The number of hydrogen-bond acceptors (Lipinski definition) is 7. The number of piperidine rings is 1. The Balaban J connectivity index is 1.83. The number of aliphatic hydroxyl groups is 1. The number of carbonyl (C=O) groups is 2. The van der Waals surface area contributed by atoms with E-state index in [9.17, 15) is 19.8 Å². The Labute approximate surface area is 194 Å². The first-order valence-corrected chi connectivity index (χ1v) is 11.0. The third kappa shape index (κ3) is 6.14. The van der Waals surface area contributed by atoms with Gasteiger partial charge < -0.3 is 29.4 Å². The lowest BCUT2D eigenvalue weighted by Gasteiger charge is -2.42. The molecule has 1 saturated heterocycles. The van der Waals surface area contributed by atoms with E-state index in [1.807, 2.05) is 54.6 Å². The van der Waals surface area contributed by atoms with Crippen LogP contribution in [0.1, 0.15) is 31.2 Å². The van der Waals surface area contributed by atoms with Crippen molar-refractivity contribution < 1.29 is 29.3 Å². The molecular weight excluding hydrogens is 422 g/mol. The van der Waals surface area contributed by atoms with E-state index in [0.29, 0.717) is 0 Å². The zero-order chi connectivity index (χ0) is 23.8. The molecule has 2 aromatic rings. The molecule has 1 heterocycles. The number of carbonyl (C=O) groups excluding carboxylic acids is 2. The van der Waals surface area contributed by atoms with Crippen molar-refractivity contribution in [2.24, 2.45) is 0 Å². The summed E-state index contributed by atoms with van der Waals surface area (Å²) >= 11 is 0. The number of nitrogens with zero attached hydrogens (tertiary/aromatic N) is 1. The Hall–Kier alpha value is -3.32. The summed E-state index contributed by atoms with van der Waals surface area (Å²) in [5.41, 5.74) is 1.67. The van der Waals surface area contributed by atoms with Crippen molar-refractivity contribution in [3.8, 4) is 11.5 Å². The molecular formula is C26H30NO6-. The summed E-state index contributed by atoms with van der Waals surface area (Å²) in [6, 6.07) is 15.7. The molecule has 0 saturated carbocycles. The second-order valence-electron chi connectivity index (χ2n) is 8.28. The van der Waals surface area contributed by atoms with Crippen LogP contribution >= 0.6 is 0 Å². The minimum absolute atomic E-state index is 0.258. The van der Waals surface area contributed by atoms with Gasteiger partial charge in [-0.1, -0.05) is 30.3 Å². The van der Waals surface area contributed by atoms with Gasteiger partial charge in [-0.3, -0.25) is 4.79 Å². The van der Waals surface area contributed by atoms with Crippen LogP contribution in [0.2, 0.25) is 0 Å². The highest BCUT2D eigenvalue weighted by Crippen LogP contribution is 2.41. The van der Waals surface area contributed by atoms with Crippen molar-refractivity contribution in [2.75, 3.05) is 32.2 Å². The van der Waals surface area contributed by atoms with Gasteiger partial charge in [0.2, 0.25) is 0 Å². The molecule has 2 aromatic carbocycles. The van der Waals surface area contributed by atoms with Gasteiger partial charge in [-0.25, -0.2) is 0 Å². The highest BCUT2D eigenvalue weighted by molar-refractivity contribution is 5.90. The molecule has 0 aliphatic carbocycles. The maximum atomic E-state index is 12.4. The van der Waals surface area contributed by atoms with Crippen molar-refractivity contribution in [1.82, 2.24) is 0 Å². The summed E-state index contributed by atoms with van der Waals surface area (Å²) in [5, 5.41) is 20.4. The number of aliphatic hydroxyl groups excluding tert-OH is 1. The van der Waals surface area contributed by atoms with Gasteiger partial charge in [-0.2, -0.15) is 0 Å². The van der Waals surface area contributed by atoms with Crippen LogP contribution in [0.25, 0.3) is 0 Å². The quantitative estimate of drug-likeness (QED) is 0.552. The summed E-state index contributed by atoms with van der Waals surface area (Å²) in [5.74, 6) is -0.142. The van der Waals surface area contributed by atoms with Gasteiger partial charge in [0, 0.05) is 37.3 Å². The van der Waals surface area contributed by atoms with E-state index >= 15 is 0 Å². The number of aliphatic carboxylic acids is 1. The Morgan fingerprint density at radius 3 is 2.48 bits per heavy atom. The number of para-hydroxylation sites is 2. The minimum Gasteiger partial charge on any atom is -0.550 e. The lowest BCUT2D eigenvalue weighted by molar-refractivity contribution is -0.307. The molecule has 7 nitrogen and oxygen atoms in total. The monoisotopic (exact) mass is 452 g/mol. The molecule has 0 radical (unpaired) electrons. The maximum Gasteiger partial charge on any atom is 0.157 e. The number of anilines is 1. The van der Waals surface area contributed by atoms with Gasteiger partial charge in [0.25, 0.3) is 0 Å². The number of hydrogen-bond donors (Lipinski definition) is 1. The first kappa shape index (κ1) is 24.3. The zero-order valence-electron chi connectivity index (χ0n) is 19.0. The minimum atomic E-state index is -1.38. The van der Waals surface area contributed by atoms with Gasteiger partial charge in [0.1, 0.15) is 11.5 Å². The molecule has 0 bridgehead atoms. The molecule has 0 aromatic heterocycles. The van der Waals surface area contributed by atoms with Crippen molar-refractivity contribution in [3.05, 3.63) is 66.2 Å². The second-order valence-corrected chi connectivity index (χ2v) is 8.28. The number of ketones is 1. The first-order valence-electron chi connectivity index (χ1n) is 11.0. The van der Waals surface area contributed by atoms with Crippen LogP contribution in [0.4, 0.5) is 5.69 Å². The van der Waals surface area contributed by atoms with E-state index in [2.05, 4.69) is 4.90 Å². The van der Waals surface area contributed by atoms with Crippen molar-refractivity contribution in [1.29, 1.82) is 0 Å². The predicted molar refractivity (Wildman–Crippen MR) is 124 cm³/mol. The molecule has 1 N–H and O–H groups in total. The number of benzene rings is 2. The number of allylic oxidation sites excluding steroid dienone is 2. The fourth-order valence-electron chi connectivity index (χ4n) is 4.34. The maximum absolute atomic E-state index is 12.4. The van der Waals surface area contributed by atoms with Crippen LogP contribution in [-0.4, -0.2) is 50.3 Å². The predicted octanol–water partition coefficient (Wildman–Crippen LogP) is 2.26. The SMILES string of the molecule is COc1cccc(C2(/C=C/C(=O)CC(O)CC(=O)[O-])CCN(c3ccccc3OC)CC2)c1. The number of ether oxygens (including phenoxy) is 2. The topological polar surface area (TPSA) is 99.1 Å². The van der Waals surface area contributed by atoms with Crippen LogP contribution in [0.15, 0.2) is 60.7 Å². The average molecular weight is 453 g/mol. The van der Waals surface area contributed by atoms with Crippen LogP contribution < -0.4 is 19.5 Å². The van der Waals surface area contributed by atoms with Gasteiger partial charge in [0.05, 0.1) is 26.0 Å². The Bertz CT molecular complexity index is 994. The molecule has 176 valence electrons. The number of carboxylic acid groups (broad SMARTS) is 1. The molecule has 7 heteroatoms. The van der Waals surface area contributed by atoms with Gasteiger partial charge >= 0.3 is 0 Å². The number of rotatable bonds is 10. The molecule has 1 unspecified atom stereocenters. The highest BCUT2D eigenvalue weighted by Gasteiger charge is 2.35. The summed E-state index contributed by atoms with van der Waals surface area (Å²) in [6.45, 7) is 1.51. The standard InChI is InChI=1S/C26H31NO6/c1-32-22-7-5-6-19(16-22)26(11-10-20(28)17-21(29)18-25(30)31)12-14-27(15-13-26)23-8-3-4-9-24(23)33-2/h3-11,16,21,29H,12-15,17-18H2,1-2H3,(H,30,31)/p-1/b11-10+. The van der Waals surface area contributed by atoms with Gasteiger partial charge in [-0.05, 0) is 48.7 Å². The third-order valence-electron chi connectivity index (χ3n) is 6.15. The van der Waals surface area contributed by atoms with E-state index in [1.54, 1.807) is 14.2 Å². The van der Waals surface area contributed by atoms with Crippen molar-refractivity contribution in [3.63, 3.8) is 0 Å². The molecule has 3 rings (SSSR count). The van der Waals surface area contributed by atoms with Crippen LogP contribution in [-0.2, 0) is 15.0 Å². The van der Waals surface area contributed by atoms with Crippen molar-refractivity contribution in [2.45, 2.75) is 37.2 Å². The largest absolute Gasteiger partial charge is 0.550 e. The fraction of sp³-hybridized carbons (Fsp3) is 0.385. The van der Waals surface area contributed by atoms with Gasteiger partial charge in [0.15, 0.2) is 5.78 Å². The Morgan fingerprint density at radius 1 is 1.09 bits per heavy atom. The average Bonchev–Trinajstić information content (AvgIpc) is 2.82. The first-order chi connectivity index (χ1) is 15.9. The lowest BCUT2D eigenvalue weighted by Crippen LogP contribution is -2.42. The lowest BCUT2D eigenvalue weighted by atomic mass is 9.72. The Kier molecular flexibility index (Phi) is 8.11. The van der Waals surface area contributed by atoms with E-state index < -0.39 is 23.9 Å². The normalized spacial score (nSPS) is 16.4. The van der Waals surface area contributed by atoms with E-state index in [0.717, 1.165) is 48.7 Å². The van der Waals surface area contributed by atoms with Crippen LogP contribution in [0.3, 0.4) is 0 Å². The van der Waals surface area contributed by atoms with Crippen LogP contribution in [0.5, 0.6) is 11.5 Å². The molecule has 1 aliphatic heterocycles. The van der Waals surface area contributed by atoms with Gasteiger partial charge in [-0.15, -0.1) is 0 Å². The van der Waals surface area contributed by atoms with Crippen molar-refractivity contribution >= 4 is 17.4 Å². The third-order valence-corrected chi connectivity index (χ3v) is 6.15. The molecule has 1 atom stereocenters. The molecule has 33 heavy (non-hydrogen) atoms. The highest BCUT2D eigenvalue weighted by atomic mass is 16.5. The summed E-state index contributed by atoms with van der Waals surface area (Å²) in [4.78, 5) is 25.4. The van der Waals surface area contributed by atoms with Crippen LogP contribution in [0, 0.1) is 0 Å². The molecule has 0 spiro atoms. The number of methoxy groups -OCH3 is 2. The van der Waals surface area contributed by atoms with E-state index in [4.69, 9.17) is 9.47 Å². The summed E-state index contributed by atoms with van der Waals surface area (Å²) in [6.07, 6.45) is 2.80. The second kappa shape index (κ2) is 11.0. The molecule has 1 aliphatic rings. The molecule has 0 amide bonds. The smallest absolute Gasteiger partial charge is 0.157 e. The summed E-state index contributed by atoms with van der Waals surface area (Å²) < 4.78 is 10.9. The number of carboxylic acids is 1. The van der Waals surface area contributed by atoms with E-state index in [1.165, 1.54) is 6.08 Å². The molecule has 1 fully saturated rings. The fourth-order valence-corrected chi connectivity index (χ4v) is 4.34. The summed E-state index contributed by atoms with van der Waals surface area (Å²) in [7, 11) is 3.28. The van der Waals surface area contributed by atoms with E-state index in [-0.39, 0.29) is 12.2 Å². The Morgan fingerprint density at radius 2 is 1.82 bits per heavy atom.